The van der Waals surface area contributed by atoms with E-state index >= 15 is 0 Å². The maximum Gasteiger partial charge on any atom is 0.412 e. The van der Waals surface area contributed by atoms with Gasteiger partial charge < -0.3 is 19.5 Å². The fourth-order valence-electron chi connectivity index (χ4n) is 5.19. The Labute approximate surface area is 245 Å². The van der Waals surface area contributed by atoms with E-state index in [0.29, 0.717) is 18.9 Å². The molecule has 1 fully saturated rings. The number of carbonyl (C=O) groups excluding carboxylic acids is 1. The zero-order chi connectivity index (χ0) is 28.9. The van der Waals surface area contributed by atoms with Gasteiger partial charge in [0.2, 0.25) is 0 Å². The Balaban J connectivity index is 1.51. The lowest BCUT2D eigenvalue weighted by molar-refractivity contribution is 0.183. The number of methoxy groups -OCH3 is 1. The minimum Gasteiger partial charge on any atom is -0.497 e. The SMILES string of the molecule is CCCCNC(=O)Oc1ccc(/C(=C(/C)Cc2ccc(OC)cc2)c2ccc(OCCN3CCCCC3)cc2)cc1. The molecule has 0 aromatic heterocycles. The van der Waals surface area contributed by atoms with E-state index in [2.05, 4.69) is 60.5 Å². The number of amides is 1. The number of allylic oxidation sites excluding steroid dienone is 1. The van der Waals surface area contributed by atoms with Gasteiger partial charge in [-0.15, -0.1) is 0 Å². The first-order chi connectivity index (χ1) is 20.1. The van der Waals surface area contributed by atoms with Crippen molar-refractivity contribution in [2.45, 2.75) is 52.4 Å². The molecule has 4 rings (SSSR count). The summed E-state index contributed by atoms with van der Waals surface area (Å²) in [5.74, 6) is 2.25. The van der Waals surface area contributed by atoms with Crippen molar-refractivity contribution >= 4 is 11.7 Å². The summed E-state index contributed by atoms with van der Waals surface area (Å²) in [6, 6.07) is 24.3. The third-order valence-corrected chi connectivity index (χ3v) is 7.48. The fraction of sp³-hybridized carbons (Fsp3) is 0.400. The highest BCUT2D eigenvalue weighted by Gasteiger charge is 2.13. The second-order valence-electron chi connectivity index (χ2n) is 10.6. The van der Waals surface area contributed by atoms with E-state index in [-0.39, 0.29) is 0 Å². The van der Waals surface area contributed by atoms with Crippen LogP contribution in [-0.4, -0.2) is 50.9 Å². The van der Waals surface area contributed by atoms with Gasteiger partial charge in [0.25, 0.3) is 0 Å². The van der Waals surface area contributed by atoms with Gasteiger partial charge in [0.05, 0.1) is 7.11 Å². The average Bonchev–Trinajstić information content (AvgIpc) is 3.00. The minimum atomic E-state index is -0.423. The maximum atomic E-state index is 12.1. The number of ether oxygens (including phenoxy) is 3. The van der Waals surface area contributed by atoms with Crippen LogP contribution in [0.5, 0.6) is 17.2 Å². The van der Waals surface area contributed by atoms with E-state index in [1.54, 1.807) is 7.11 Å². The highest BCUT2D eigenvalue weighted by Crippen LogP contribution is 2.31. The van der Waals surface area contributed by atoms with Crippen LogP contribution in [0, 0.1) is 0 Å². The Morgan fingerprint density at radius 2 is 1.44 bits per heavy atom. The molecule has 1 heterocycles. The van der Waals surface area contributed by atoms with Crippen LogP contribution in [0.25, 0.3) is 5.57 Å². The first kappa shape index (κ1) is 30.2. The van der Waals surface area contributed by atoms with E-state index in [1.165, 1.54) is 43.5 Å². The molecule has 0 bridgehead atoms. The van der Waals surface area contributed by atoms with E-state index in [0.717, 1.165) is 54.0 Å². The number of hydrogen-bond donors (Lipinski definition) is 1. The zero-order valence-electron chi connectivity index (χ0n) is 24.8. The summed E-state index contributed by atoms with van der Waals surface area (Å²) >= 11 is 0. The summed E-state index contributed by atoms with van der Waals surface area (Å²) in [5, 5.41) is 2.79. The second-order valence-corrected chi connectivity index (χ2v) is 10.6. The molecule has 0 unspecified atom stereocenters. The monoisotopic (exact) mass is 556 g/mol. The fourth-order valence-corrected chi connectivity index (χ4v) is 5.19. The summed E-state index contributed by atoms with van der Waals surface area (Å²) in [6.07, 6.45) is 6.25. The summed E-state index contributed by atoms with van der Waals surface area (Å²) in [7, 11) is 1.68. The topological polar surface area (TPSA) is 60.0 Å². The van der Waals surface area contributed by atoms with Gasteiger partial charge in [0, 0.05) is 13.1 Å². The molecular weight excluding hydrogens is 512 g/mol. The molecule has 0 spiro atoms. The predicted molar refractivity (Wildman–Crippen MR) is 166 cm³/mol. The van der Waals surface area contributed by atoms with Crippen LogP contribution >= 0.6 is 0 Å². The lowest BCUT2D eigenvalue weighted by Crippen LogP contribution is -2.33. The van der Waals surface area contributed by atoms with Crippen molar-refractivity contribution in [2.75, 3.05) is 39.9 Å². The Kier molecular flexibility index (Phi) is 11.7. The smallest absolute Gasteiger partial charge is 0.412 e. The van der Waals surface area contributed by atoms with Gasteiger partial charge in [-0.1, -0.05) is 61.7 Å². The van der Waals surface area contributed by atoms with Crippen LogP contribution in [-0.2, 0) is 6.42 Å². The molecule has 1 N–H and O–H groups in total. The number of hydrogen-bond acceptors (Lipinski definition) is 5. The normalized spacial score (nSPS) is 14.2. The Hall–Kier alpha value is -3.77. The molecule has 41 heavy (non-hydrogen) atoms. The first-order valence-electron chi connectivity index (χ1n) is 14.9. The van der Waals surface area contributed by atoms with Crippen LogP contribution in [0.1, 0.15) is 62.6 Å². The number of piperidine rings is 1. The summed E-state index contributed by atoms with van der Waals surface area (Å²) in [6.45, 7) is 8.90. The van der Waals surface area contributed by atoms with Crippen molar-refractivity contribution in [3.63, 3.8) is 0 Å². The van der Waals surface area contributed by atoms with Gasteiger partial charge >= 0.3 is 6.09 Å². The van der Waals surface area contributed by atoms with Crippen molar-refractivity contribution in [2.24, 2.45) is 0 Å². The number of unbranched alkanes of at least 4 members (excludes halogenated alkanes) is 1. The molecular formula is C35H44N2O4. The lowest BCUT2D eigenvalue weighted by atomic mass is 9.90. The number of rotatable bonds is 13. The summed E-state index contributed by atoms with van der Waals surface area (Å²) in [5.41, 5.74) is 5.78. The lowest BCUT2D eigenvalue weighted by Gasteiger charge is -2.26. The van der Waals surface area contributed by atoms with Crippen LogP contribution in [0.15, 0.2) is 78.4 Å². The standard InChI is InChI=1S/C35H44N2O4/c1-4-5-21-36-35(38)41-33-19-13-30(14-20-33)34(27(2)26-28-9-15-31(39-3)16-10-28)29-11-17-32(18-12-29)40-25-24-37-22-7-6-8-23-37/h9-20H,4-8,21-26H2,1-3H3,(H,36,38)/b34-27-. The molecule has 1 aliphatic heterocycles. The highest BCUT2D eigenvalue weighted by molar-refractivity contribution is 5.82. The van der Waals surface area contributed by atoms with Crippen molar-refractivity contribution in [1.29, 1.82) is 0 Å². The molecule has 0 saturated carbocycles. The third-order valence-electron chi connectivity index (χ3n) is 7.48. The summed E-state index contributed by atoms with van der Waals surface area (Å²) < 4.78 is 16.9. The van der Waals surface area contributed by atoms with E-state index in [9.17, 15) is 4.79 Å². The Morgan fingerprint density at radius 1 is 0.829 bits per heavy atom. The number of benzene rings is 3. The average molecular weight is 557 g/mol. The van der Waals surface area contributed by atoms with E-state index in [1.807, 2.05) is 36.4 Å². The van der Waals surface area contributed by atoms with Crippen LogP contribution in [0.4, 0.5) is 4.79 Å². The molecule has 6 heteroatoms. The minimum absolute atomic E-state index is 0.423. The van der Waals surface area contributed by atoms with Gasteiger partial charge in [-0.05, 0) is 104 Å². The predicted octanol–water partition coefficient (Wildman–Crippen LogP) is 7.51. The number of nitrogens with one attached hydrogen (secondary N) is 1. The van der Waals surface area contributed by atoms with Crippen molar-refractivity contribution in [3.05, 3.63) is 95.1 Å². The van der Waals surface area contributed by atoms with E-state index in [4.69, 9.17) is 14.2 Å². The van der Waals surface area contributed by atoms with Crippen LogP contribution < -0.4 is 19.5 Å². The molecule has 218 valence electrons. The first-order valence-corrected chi connectivity index (χ1v) is 14.9. The molecule has 0 atom stereocenters. The van der Waals surface area contributed by atoms with Crippen molar-refractivity contribution in [1.82, 2.24) is 10.2 Å². The highest BCUT2D eigenvalue weighted by atomic mass is 16.6. The molecule has 3 aromatic carbocycles. The Morgan fingerprint density at radius 3 is 2.05 bits per heavy atom. The number of carbonyl (C=O) groups is 1. The van der Waals surface area contributed by atoms with Gasteiger partial charge in [-0.2, -0.15) is 0 Å². The van der Waals surface area contributed by atoms with Gasteiger partial charge in [0.1, 0.15) is 23.9 Å². The van der Waals surface area contributed by atoms with Crippen LogP contribution in [0.3, 0.4) is 0 Å². The molecule has 0 aliphatic carbocycles. The molecule has 6 nitrogen and oxygen atoms in total. The van der Waals surface area contributed by atoms with Gasteiger partial charge in [-0.3, -0.25) is 4.90 Å². The molecule has 1 amide bonds. The van der Waals surface area contributed by atoms with Crippen molar-refractivity contribution < 1.29 is 19.0 Å². The number of likely N-dealkylation sites (tertiary alicyclic amines) is 1. The van der Waals surface area contributed by atoms with Crippen molar-refractivity contribution in [3.8, 4) is 17.2 Å². The number of nitrogens with zero attached hydrogens (tertiary/aromatic N) is 1. The molecule has 0 radical (unpaired) electrons. The quantitative estimate of drug-likeness (QED) is 0.221. The van der Waals surface area contributed by atoms with Gasteiger partial charge in [0.15, 0.2) is 0 Å². The maximum absolute atomic E-state index is 12.1. The summed E-state index contributed by atoms with van der Waals surface area (Å²) in [4.78, 5) is 14.6. The van der Waals surface area contributed by atoms with Crippen LogP contribution in [0.2, 0.25) is 0 Å². The largest absolute Gasteiger partial charge is 0.497 e. The molecule has 1 aliphatic rings. The van der Waals surface area contributed by atoms with Gasteiger partial charge in [-0.25, -0.2) is 4.79 Å². The third kappa shape index (κ3) is 9.39. The zero-order valence-corrected chi connectivity index (χ0v) is 24.8. The van der Waals surface area contributed by atoms with E-state index < -0.39 is 6.09 Å². The molecule has 1 saturated heterocycles. The Bertz CT molecular complexity index is 1240. The molecule has 3 aromatic rings. The second kappa shape index (κ2) is 15.9.